The topological polar surface area (TPSA) is 29.3 Å². The van der Waals surface area contributed by atoms with Crippen molar-refractivity contribution in [2.75, 3.05) is 20.1 Å². The molecule has 2 aliphatic carbocycles. The number of nitrogens with zero attached hydrogens (tertiary/aromatic N) is 1. The molecular weight excluding hydrogens is 220 g/mol. The van der Waals surface area contributed by atoms with Crippen LogP contribution in [0.5, 0.6) is 0 Å². The average Bonchev–Trinajstić information content (AvgIpc) is 2.91. The molecule has 2 heteroatoms. The van der Waals surface area contributed by atoms with E-state index in [-0.39, 0.29) is 0 Å². The minimum Gasteiger partial charge on any atom is -0.329 e. The van der Waals surface area contributed by atoms with E-state index in [1.807, 2.05) is 0 Å². The maximum absolute atomic E-state index is 6.19. The molecule has 2 nitrogen and oxygen atoms in total. The van der Waals surface area contributed by atoms with Crippen LogP contribution in [0, 0.1) is 11.8 Å². The van der Waals surface area contributed by atoms with E-state index >= 15 is 0 Å². The number of likely N-dealkylation sites (N-methyl/N-ethyl adjacent to an activating group) is 1. The van der Waals surface area contributed by atoms with Crippen molar-refractivity contribution < 1.29 is 0 Å². The summed E-state index contributed by atoms with van der Waals surface area (Å²) >= 11 is 0. The summed E-state index contributed by atoms with van der Waals surface area (Å²) in [6.45, 7) is 4.48. The van der Waals surface area contributed by atoms with E-state index in [9.17, 15) is 0 Å². The van der Waals surface area contributed by atoms with Crippen LogP contribution < -0.4 is 5.73 Å². The summed E-state index contributed by atoms with van der Waals surface area (Å²) in [4.78, 5) is 2.64. The van der Waals surface area contributed by atoms with Gasteiger partial charge in [0, 0.05) is 18.6 Å². The first-order valence-electron chi connectivity index (χ1n) is 8.11. The van der Waals surface area contributed by atoms with Crippen molar-refractivity contribution in [1.82, 2.24) is 4.90 Å². The van der Waals surface area contributed by atoms with Gasteiger partial charge in [0.15, 0.2) is 0 Å². The standard InChI is InChI=1S/C16H32N2/c1-3-14-9-6-10-16(11-14,13-17)18(2)12-15-7-4-5-8-15/h14-15H,3-13,17H2,1-2H3. The molecule has 0 radical (unpaired) electrons. The van der Waals surface area contributed by atoms with Crippen LogP contribution in [0.25, 0.3) is 0 Å². The lowest BCUT2D eigenvalue weighted by molar-refractivity contribution is 0.0449. The summed E-state index contributed by atoms with van der Waals surface area (Å²) in [6.07, 6.45) is 12.6. The van der Waals surface area contributed by atoms with Crippen molar-refractivity contribution in [2.24, 2.45) is 17.6 Å². The molecule has 2 rings (SSSR count). The van der Waals surface area contributed by atoms with Crippen LogP contribution in [0.15, 0.2) is 0 Å². The minimum atomic E-state index is 0.321. The fraction of sp³-hybridized carbons (Fsp3) is 1.00. The maximum atomic E-state index is 6.19. The molecule has 2 unspecified atom stereocenters. The highest BCUT2D eigenvalue weighted by Gasteiger charge is 2.38. The van der Waals surface area contributed by atoms with E-state index in [0.717, 1.165) is 18.4 Å². The Morgan fingerprint density at radius 3 is 2.39 bits per heavy atom. The van der Waals surface area contributed by atoms with Gasteiger partial charge < -0.3 is 5.73 Å². The highest BCUT2D eigenvalue weighted by atomic mass is 15.2. The number of rotatable bonds is 5. The van der Waals surface area contributed by atoms with Gasteiger partial charge in [0.2, 0.25) is 0 Å². The second-order valence-corrected chi connectivity index (χ2v) is 6.83. The molecule has 2 atom stereocenters. The van der Waals surface area contributed by atoms with E-state index < -0.39 is 0 Å². The molecule has 0 aliphatic heterocycles. The van der Waals surface area contributed by atoms with E-state index in [1.165, 1.54) is 64.3 Å². The Morgan fingerprint density at radius 1 is 1.11 bits per heavy atom. The quantitative estimate of drug-likeness (QED) is 0.812. The number of hydrogen-bond acceptors (Lipinski definition) is 2. The Hall–Kier alpha value is -0.0800. The molecule has 2 fully saturated rings. The van der Waals surface area contributed by atoms with Crippen LogP contribution in [-0.2, 0) is 0 Å². The molecule has 18 heavy (non-hydrogen) atoms. The number of nitrogens with two attached hydrogens (primary N) is 1. The second kappa shape index (κ2) is 6.38. The van der Waals surface area contributed by atoms with Crippen LogP contribution in [0.4, 0.5) is 0 Å². The van der Waals surface area contributed by atoms with Gasteiger partial charge in [0.1, 0.15) is 0 Å². The summed E-state index contributed by atoms with van der Waals surface area (Å²) in [6, 6.07) is 0. The highest BCUT2D eigenvalue weighted by Crippen LogP contribution is 2.38. The van der Waals surface area contributed by atoms with Gasteiger partial charge in [0.25, 0.3) is 0 Å². The molecule has 0 spiro atoms. The lowest BCUT2D eigenvalue weighted by atomic mass is 9.73. The smallest absolute Gasteiger partial charge is 0.0331 e. The monoisotopic (exact) mass is 252 g/mol. The molecule has 0 amide bonds. The predicted molar refractivity (Wildman–Crippen MR) is 78.6 cm³/mol. The Kier molecular flexibility index (Phi) is 5.08. The third-order valence-electron chi connectivity index (χ3n) is 5.70. The molecule has 2 N–H and O–H groups in total. The van der Waals surface area contributed by atoms with Gasteiger partial charge in [-0.3, -0.25) is 4.90 Å². The van der Waals surface area contributed by atoms with Gasteiger partial charge in [-0.1, -0.05) is 39.0 Å². The first-order chi connectivity index (χ1) is 8.70. The van der Waals surface area contributed by atoms with Crippen LogP contribution in [0.1, 0.15) is 64.7 Å². The second-order valence-electron chi connectivity index (χ2n) is 6.83. The Balaban J connectivity index is 1.96. The molecule has 0 aromatic rings. The maximum Gasteiger partial charge on any atom is 0.0331 e. The molecule has 2 aliphatic rings. The van der Waals surface area contributed by atoms with Crippen LogP contribution in [-0.4, -0.2) is 30.6 Å². The van der Waals surface area contributed by atoms with Crippen LogP contribution in [0.2, 0.25) is 0 Å². The van der Waals surface area contributed by atoms with Crippen molar-refractivity contribution in [1.29, 1.82) is 0 Å². The van der Waals surface area contributed by atoms with E-state index in [0.29, 0.717) is 5.54 Å². The zero-order chi connectivity index (χ0) is 13.0. The van der Waals surface area contributed by atoms with Crippen molar-refractivity contribution in [2.45, 2.75) is 70.3 Å². The summed E-state index contributed by atoms with van der Waals surface area (Å²) in [5.74, 6) is 1.86. The van der Waals surface area contributed by atoms with Gasteiger partial charge in [0.05, 0.1) is 0 Å². The SMILES string of the molecule is CCC1CCCC(CN)(N(C)CC2CCCC2)C1. The Bertz CT molecular complexity index is 247. The average molecular weight is 252 g/mol. The lowest BCUT2D eigenvalue weighted by Crippen LogP contribution is -2.55. The highest BCUT2D eigenvalue weighted by molar-refractivity contribution is 4.96. The third kappa shape index (κ3) is 3.08. The molecule has 0 saturated heterocycles. The lowest BCUT2D eigenvalue weighted by Gasteiger charge is -2.47. The van der Waals surface area contributed by atoms with E-state index in [1.54, 1.807) is 0 Å². The molecule has 2 saturated carbocycles. The zero-order valence-corrected chi connectivity index (χ0v) is 12.5. The van der Waals surface area contributed by atoms with Gasteiger partial charge in [-0.25, -0.2) is 0 Å². The van der Waals surface area contributed by atoms with Crippen molar-refractivity contribution in [3.63, 3.8) is 0 Å². The molecule has 0 aromatic carbocycles. The largest absolute Gasteiger partial charge is 0.329 e. The zero-order valence-electron chi connectivity index (χ0n) is 12.5. The van der Waals surface area contributed by atoms with E-state index in [2.05, 4.69) is 18.9 Å². The van der Waals surface area contributed by atoms with Gasteiger partial charge in [-0.2, -0.15) is 0 Å². The fourth-order valence-electron chi connectivity index (χ4n) is 4.27. The van der Waals surface area contributed by atoms with Crippen molar-refractivity contribution >= 4 is 0 Å². The first kappa shape index (κ1) is 14.3. The van der Waals surface area contributed by atoms with Crippen LogP contribution in [0.3, 0.4) is 0 Å². The van der Waals surface area contributed by atoms with Gasteiger partial charge in [-0.15, -0.1) is 0 Å². The fourth-order valence-corrected chi connectivity index (χ4v) is 4.27. The molecular formula is C16H32N2. The first-order valence-corrected chi connectivity index (χ1v) is 8.11. The van der Waals surface area contributed by atoms with E-state index in [4.69, 9.17) is 5.73 Å². The number of hydrogen-bond donors (Lipinski definition) is 1. The molecule has 106 valence electrons. The summed E-state index contributed by atoms with van der Waals surface area (Å²) < 4.78 is 0. The van der Waals surface area contributed by atoms with Crippen molar-refractivity contribution in [3.05, 3.63) is 0 Å². The molecule has 0 aromatic heterocycles. The molecule has 0 heterocycles. The van der Waals surface area contributed by atoms with Crippen LogP contribution >= 0.6 is 0 Å². The summed E-state index contributed by atoms with van der Waals surface area (Å²) in [5.41, 5.74) is 6.51. The normalized spacial score (nSPS) is 34.3. The molecule has 0 bridgehead atoms. The van der Waals surface area contributed by atoms with Crippen molar-refractivity contribution in [3.8, 4) is 0 Å². The summed E-state index contributed by atoms with van der Waals surface area (Å²) in [7, 11) is 2.34. The van der Waals surface area contributed by atoms with Gasteiger partial charge in [-0.05, 0) is 44.6 Å². The Labute approximate surface area is 113 Å². The van der Waals surface area contributed by atoms with Gasteiger partial charge >= 0.3 is 0 Å². The minimum absolute atomic E-state index is 0.321. The summed E-state index contributed by atoms with van der Waals surface area (Å²) in [5, 5.41) is 0. The predicted octanol–water partition coefficient (Wildman–Crippen LogP) is 3.41. The third-order valence-corrected chi connectivity index (χ3v) is 5.70. The Morgan fingerprint density at radius 2 is 1.78 bits per heavy atom.